The highest BCUT2D eigenvalue weighted by Crippen LogP contribution is 2.23. The Labute approximate surface area is 139 Å². The Morgan fingerprint density at radius 1 is 1.09 bits per heavy atom. The van der Waals surface area contributed by atoms with Crippen LogP contribution in [0.2, 0.25) is 0 Å². The van der Waals surface area contributed by atoms with Crippen LogP contribution in [0.3, 0.4) is 0 Å². The van der Waals surface area contributed by atoms with E-state index in [1.165, 1.54) is 5.56 Å². The maximum Gasteiger partial charge on any atom is 0.319 e. The molecule has 1 fully saturated rings. The van der Waals surface area contributed by atoms with Gasteiger partial charge < -0.3 is 9.80 Å². The molecule has 0 bridgehead atoms. The van der Waals surface area contributed by atoms with Gasteiger partial charge in [0, 0.05) is 37.7 Å². The summed E-state index contributed by atoms with van der Waals surface area (Å²) in [5, 5.41) is 0. The van der Waals surface area contributed by atoms with Gasteiger partial charge in [-0.05, 0) is 57.7 Å². The van der Waals surface area contributed by atoms with Crippen LogP contribution in [0.4, 0.5) is 4.79 Å². The van der Waals surface area contributed by atoms with E-state index in [1.807, 2.05) is 48.8 Å². The number of likely N-dealkylation sites (tertiary alicyclic amines) is 1. The van der Waals surface area contributed by atoms with Crippen molar-refractivity contribution in [3.05, 3.63) is 34.9 Å². The molecular formula is C19H28N2O2. The zero-order valence-corrected chi connectivity index (χ0v) is 14.8. The molecule has 23 heavy (non-hydrogen) atoms. The summed E-state index contributed by atoms with van der Waals surface area (Å²) in [7, 11) is 0. The Bertz CT molecular complexity index is 571. The van der Waals surface area contributed by atoms with E-state index in [4.69, 9.17) is 0 Å². The van der Waals surface area contributed by atoms with E-state index in [-0.39, 0.29) is 17.7 Å². The average molecular weight is 316 g/mol. The van der Waals surface area contributed by atoms with Gasteiger partial charge in [0.2, 0.25) is 0 Å². The number of aryl methyl sites for hydroxylation is 2. The molecule has 0 aliphatic carbocycles. The van der Waals surface area contributed by atoms with Gasteiger partial charge in [-0.15, -0.1) is 0 Å². The van der Waals surface area contributed by atoms with Crippen molar-refractivity contribution in [3.63, 3.8) is 0 Å². The second kappa shape index (κ2) is 7.62. The largest absolute Gasteiger partial charge is 0.325 e. The van der Waals surface area contributed by atoms with Gasteiger partial charge in [-0.2, -0.15) is 0 Å². The summed E-state index contributed by atoms with van der Waals surface area (Å²) in [6, 6.07) is 6.04. The summed E-state index contributed by atoms with van der Waals surface area (Å²) >= 11 is 0. The molecule has 0 radical (unpaired) electrons. The van der Waals surface area contributed by atoms with Gasteiger partial charge in [0.15, 0.2) is 5.78 Å². The highest BCUT2D eigenvalue weighted by Gasteiger charge is 2.29. The monoisotopic (exact) mass is 316 g/mol. The lowest BCUT2D eigenvalue weighted by Gasteiger charge is -2.34. The maximum absolute atomic E-state index is 12.7. The van der Waals surface area contributed by atoms with Crippen molar-refractivity contribution >= 4 is 11.8 Å². The molecule has 0 saturated carbocycles. The highest BCUT2D eigenvalue weighted by atomic mass is 16.2. The maximum atomic E-state index is 12.7. The minimum absolute atomic E-state index is 0.0397. The third kappa shape index (κ3) is 3.92. The van der Waals surface area contributed by atoms with E-state index in [0.29, 0.717) is 13.1 Å². The summed E-state index contributed by atoms with van der Waals surface area (Å²) in [4.78, 5) is 28.8. The van der Waals surface area contributed by atoms with Crippen molar-refractivity contribution in [2.75, 3.05) is 26.2 Å². The molecule has 126 valence electrons. The molecule has 1 aliphatic rings. The molecule has 0 aromatic heterocycles. The second-order valence-corrected chi connectivity index (χ2v) is 6.38. The van der Waals surface area contributed by atoms with Gasteiger partial charge >= 0.3 is 6.03 Å². The molecule has 1 heterocycles. The first-order valence-corrected chi connectivity index (χ1v) is 8.63. The molecular weight excluding hydrogens is 288 g/mol. The van der Waals surface area contributed by atoms with Crippen LogP contribution in [0.15, 0.2) is 18.2 Å². The van der Waals surface area contributed by atoms with Crippen LogP contribution in [-0.4, -0.2) is 47.8 Å². The number of hydrogen-bond acceptors (Lipinski definition) is 2. The van der Waals surface area contributed by atoms with Crippen LogP contribution in [0, 0.1) is 19.8 Å². The topological polar surface area (TPSA) is 40.6 Å². The first kappa shape index (κ1) is 17.5. The Kier molecular flexibility index (Phi) is 5.80. The molecule has 1 aliphatic heterocycles. The average Bonchev–Trinajstić information content (AvgIpc) is 2.58. The number of Topliss-reactive ketones (excluding diaryl/α,β-unsaturated/α-hetero) is 1. The first-order valence-electron chi connectivity index (χ1n) is 8.63. The summed E-state index contributed by atoms with van der Waals surface area (Å²) in [6.07, 6.45) is 1.53. The molecule has 4 heteroatoms. The predicted molar refractivity (Wildman–Crippen MR) is 92.9 cm³/mol. The second-order valence-electron chi connectivity index (χ2n) is 6.38. The number of rotatable bonds is 4. The van der Waals surface area contributed by atoms with E-state index in [2.05, 4.69) is 6.92 Å². The van der Waals surface area contributed by atoms with Crippen molar-refractivity contribution in [2.24, 2.45) is 5.92 Å². The molecule has 2 rings (SSSR count). The number of carbonyl (C=O) groups is 2. The summed E-state index contributed by atoms with van der Waals surface area (Å²) in [6.45, 7) is 10.9. The molecule has 1 aromatic rings. The van der Waals surface area contributed by atoms with E-state index < -0.39 is 0 Å². The fourth-order valence-corrected chi connectivity index (χ4v) is 3.16. The summed E-state index contributed by atoms with van der Waals surface area (Å²) in [5.74, 6) is 0.265. The zero-order valence-electron chi connectivity index (χ0n) is 14.8. The Morgan fingerprint density at radius 2 is 1.70 bits per heavy atom. The van der Waals surface area contributed by atoms with E-state index in [1.54, 1.807) is 0 Å². The molecule has 1 aromatic carbocycles. The lowest BCUT2D eigenvalue weighted by molar-refractivity contribution is 0.0836. The van der Waals surface area contributed by atoms with Gasteiger partial charge in [-0.3, -0.25) is 4.79 Å². The van der Waals surface area contributed by atoms with Crippen molar-refractivity contribution in [1.29, 1.82) is 0 Å². The van der Waals surface area contributed by atoms with E-state index >= 15 is 0 Å². The molecule has 4 nitrogen and oxygen atoms in total. The van der Waals surface area contributed by atoms with Crippen LogP contribution in [0.1, 0.15) is 48.2 Å². The fourth-order valence-electron chi connectivity index (χ4n) is 3.16. The summed E-state index contributed by atoms with van der Waals surface area (Å²) < 4.78 is 0. The number of piperidine rings is 1. The van der Waals surface area contributed by atoms with Gasteiger partial charge in [0.05, 0.1) is 0 Å². The molecule has 0 spiro atoms. The highest BCUT2D eigenvalue weighted by molar-refractivity contribution is 5.98. The van der Waals surface area contributed by atoms with Crippen LogP contribution >= 0.6 is 0 Å². The third-order valence-electron chi connectivity index (χ3n) is 4.96. The number of urea groups is 1. The predicted octanol–water partition coefficient (Wildman–Crippen LogP) is 3.66. The minimum Gasteiger partial charge on any atom is -0.325 e. The number of hydrogen-bond donors (Lipinski definition) is 0. The molecule has 1 saturated heterocycles. The number of ketones is 1. The van der Waals surface area contributed by atoms with E-state index in [9.17, 15) is 9.59 Å². The zero-order chi connectivity index (χ0) is 17.0. The number of amides is 2. The van der Waals surface area contributed by atoms with Crippen LogP contribution in [-0.2, 0) is 0 Å². The number of nitrogens with zero attached hydrogens (tertiary/aromatic N) is 2. The SMILES string of the molecule is CCN(CC)C(=O)N1CCC(C(=O)c2ccc(C)c(C)c2)CC1. The van der Waals surface area contributed by atoms with Crippen LogP contribution < -0.4 is 0 Å². The Morgan fingerprint density at radius 3 is 2.22 bits per heavy atom. The first-order chi connectivity index (χ1) is 11.0. The Balaban J connectivity index is 1.97. The minimum atomic E-state index is 0.0397. The van der Waals surface area contributed by atoms with Crippen LogP contribution in [0.5, 0.6) is 0 Å². The van der Waals surface area contributed by atoms with Gasteiger partial charge in [0.25, 0.3) is 0 Å². The van der Waals surface area contributed by atoms with Crippen molar-refractivity contribution in [3.8, 4) is 0 Å². The van der Waals surface area contributed by atoms with Gasteiger partial charge in [-0.25, -0.2) is 4.79 Å². The number of carbonyl (C=O) groups excluding carboxylic acids is 2. The van der Waals surface area contributed by atoms with Crippen molar-refractivity contribution in [1.82, 2.24) is 9.80 Å². The quantitative estimate of drug-likeness (QED) is 0.795. The normalized spacial score (nSPS) is 15.6. The van der Waals surface area contributed by atoms with E-state index in [0.717, 1.165) is 37.1 Å². The molecule has 2 amide bonds. The summed E-state index contributed by atoms with van der Waals surface area (Å²) in [5.41, 5.74) is 3.17. The fraction of sp³-hybridized carbons (Fsp3) is 0.579. The smallest absolute Gasteiger partial charge is 0.319 e. The van der Waals surface area contributed by atoms with Gasteiger partial charge in [0.1, 0.15) is 0 Å². The lowest BCUT2D eigenvalue weighted by atomic mass is 9.88. The molecule has 0 unspecified atom stereocenters. The van der Waals surface area contributed by atoms with Crippen molar-refractivity contribution < 1.29 is 9.59 Å². The molecule has 0 N–H and O–H groups in total. The lowest BCUT2D eigenvalue weighted by Crippen LogP contribution is -2.47. The van der Waals surface area contributed by atoms with Gasteiger partial charge in [-0.1, -0.05) is 12.1 Å². The van der Waals surface area contributed by atoms with Crippen LogP contribution in [0.25, 0.3) is 0 Å². The molecule has 0 atom stereocenters. The third-order valence-corrected chi connectivity index (χ3v) is 4.96. The number of benzene rings is 1. The Hall–Kier alpha value is -1.84. The van der Waals surface area contributed by atoms with Crippen molar-refractivity contribution in [2.45, 2.75) is 40.5 Å². The standard InChI is InChI=1S/C19H28N2O2/c1-5-20(6-2)19(23)21-11-9-16(10-12-21)18(22)17-8-7-14(3)15(4)13-17/h7-8,13,16H,5-6,9-12H2,1-4H3.